The summed E-state index contributed by atoms with van der Waals surface area (Å²) in [5.74, 6) is 0. The Morgan fingerprint density at radius 2 is 1.73 bits per heavy atom. The number of rotatable bonds is 5. The van der Waals surface area contributed by atoms with E-state index in [4.69, 9.17) is 9.66 Å². The van der Waals surface area contributed by atoms with E-state index in [0.29, 0.717) is 12.8 Å². The van der Waals surface area contributed by atoms with Gasteiger partial charge >= 0.3 is 10.4 Å². The van der Waals surface area contributed by atoms with Gasteiger partial charge in [-0.3, -0.25) is 4.55 Å². The van der Waals surface area contributed by atoms with Gasteiger partial charge in [0.2, 0.25) is 0 Å². The molecule has 0 aromatic heterocycles. The summed E-state index contributed by atoms with van der Waals surface area (Å²) in [6.45, 7) is 7.05. The monoisotopic (exact) mass is 240 g/mol. The zero-order valence-electron chi connectivity index (χ0n) is 9.60. The van der Waals surface area contributed by atoms with Crippen molar-refractivity contribution in [1.82, 2.24) is 0 Å². The van der Waals surface area contributed by atoms with Crippen molar-refractivity contribution in [2.45, 2.75) is 52.7 Å². The minimum absolute atomic E-state index is 0.376. The minimum Gasteiger partial charge on any atom is -0.393 e. The van der Waals surface area contributed by atoms with Gasteiger partial charge in [-0.05, 0) is 25.2 Å². The second-order valence-corrected chi connectivity index (χ2v) is 5.85. The van der Waals surface area contributed by atoms with Gasteiger partial charge < -0.3 is 5.11 Å². The van der Waals surface area contributed by atoms with Crippen molar-refractivity contribution < 1.29 is 22.3 Å². The summed E-state index contributed by atoms with van der Waals surface area (Å²) in [5, 5.41) is 9.10. The van der Waals surface area contributed by atoms with Crippen LogP contribution in [0, 0.1) is 5.41 Å². The molecule has 6 heteroatoms. The maximum absolute atomic E-state index is 10.6. The highest BCUT2D eigenvalue weighted by atomic mass is 32.3. The fourth-order valence-corrected chi connectivity index (χ4v) is 1.84. The van der Waals surface area contributed by atoms with Crippen molar-refractivity contribution in [3.8, 4) is 0 Å². The van der Waals surface area contributed by atoms with Crippen LogP contribution in [0.5, 0.6) is 0 Å². The van der Waals surface area contributed by atoms with Crippen LogP contribution in [0.4, 0.5) is 0 Å². The van der Waals surface area contributed by atoms with E-state index in [0.717, 1.165) is 0 Å². The lowest BCUT2D eigenvalue weighted by Crippen LogP contribution is -2.32. The van der Waals surface area contributed by atoms with Crippen LogP contribution in [-0.4, -0.2) is 30.3 Å². The van der Waals surface area contributed by atoms with Crippen LogP contribution in [0.2, 0.25) is 0 Å². The zero-order chi connectivity index (χ0) is 12.3. The molecule has 0 bridgehead atoms. The Balaban J connectivity index is 4.47. The molecule has 15 heavy (non-hydrogen) atoms. The molecule has 0 aliphatic rings. The molecule has 0 aromatic rings. The molecule has 0 spiro atoms. The Morgan fingerprint density at radius 1 is 1.27 bits per heavy atom. The molecule has 0 fully saturated rings. The number of aliphatic hydroxyl groups is 1. The topological polar surface area (TPSA) is 83.8 Å². The fourth-order valence-electron chi connectivity index (χ4n) is 1.16. The fraction of sp³-hybridized carbons (Fsp3) is 1.00. The predicted octanol–water partition coefficient (Wildman–Crippen LogP) is 1.38. The third-order valence-corrected chi connectivity index (χ3v) is 2.53. The van der Waals surface area contributed by atoms with E-state index in [1.807, 2.05) is 20.8 Å². The standard InChI is InChI=1S/C9H20O5S/c1-7(10)5-6-8(9(2,3)4)14-15(11,12)13/h7-8,10H,5-6H2,1-4H3,(H,11,12,13). The lowest BCUT2D eigenvalue weighted by molar-refractivity contribution is 0.0570. The van der Waals surface area contributed by atoms with Gasteiger partial charge in [-0.2, -0.15) is 8.42 Å². The quantitative estimate of drug-likeness (QED) is 0.709. The van der Waals surface area contributed by atoms with Gasteiger partial charge in [-0.25, -0.2) is 4.18 Å². The van der Waals surface area contributed by atoms with Gasteiger partial charge in [-0.1, -0.05) is 20.8 Å². The molecule has 0 heterocycles. The molecular formula is C9H20O5S. The first-order chi connectivity index (χ1) is 6.52. The average molecular weight is 240 g/mol. The number of aliphatic hydroxyl groups excluding tert-OH is 1. The maximum atomic E-state index is 10.6. The van der Waals surface area contributed by atoms with Gasteiger partial charge in [0.25, 0.3) is 0 Å². The predicted molar refractivity (Wildman–Crippen MR) is 56.8 cm³/mol. The molecule has 0 aliphatic carbocycles. The molecule has 0 amide bonds. The van der Waals surface area contributed by atoms with E-state index in [2.05, 4.69) is 4.18 Å². The molecule has 0 radical (unpaired) electrons. The van der Waals surface area contributed by atoms with E-state index >= 15 is 0 Å². The van der Waals surface area contributed by atoms with E-state index in [1.54, 1.807) is 6.92 Å². The second kappa shape index (κ2) is 5.25. The van der Waals surface area contributed by atoms with Crippen molar-refractivity contribution in [2.24, 2.45) is 5.41 Å². The Kier molecular flexibility index (Phi) is 5.19. The molecular weight excluding hydrogens is 220 g/mol. The third kappa shape index (κ3) is 7.72. The highest BCUT2D eigenvalue weighted by molar-refractivity contribution is 7.80. The Morgan fingerprint density at radius 3 is 2.00 bits per heavy atom. The first-order valence-corrected chi connectivity index (χ1v) is 6.22. The maximum Gasteiger partial charge on any atom is 0.397 e. The normalized spacial score (nSPS) is 17.5. The largest absolute Gasteiger partial charge is 0.397 e. The summed E-state index contributed by atoms with van der Waals surface area (Å²) in [6, 6.07) is 0. The van der Waals surface area contributed by atoms with Crippen molar-refractivity contribution in [3.05, 3.63) is 0 Å². The van der Waals surface area contributed by atoms with Crippen LogP contribution >= 0.6 is 0 Å². The van der Waals surface area contributed by atoms with E-state index in [-0.39, 0.29) is 0 Å². The van der Waals surface area contributed by atoms with Crippen LogP contribution in [0.25, 0.3) is 0 Å². The van der Waals surface area contributed by atoms with Gasteiger partial charge in [0.05, 0.1) is 12.2 Å². The van der Waals surface area contributed by atoms with Crippen LogP contribution in [0.3, 0.4) is 0 Å². The first-order valence-electron chi connectivity index (χ1n) is 4.86. The lowest BCUT2D eigenvalue weighted by Gasteiger charge is -2.29. The van der Waals surface area contributed by atoms with E-state index in [9.17, 15) is 8.42 Å². The highest BCUT2D eigenvalue weighted by Crippen LogP contribution is 2.27. The Labute approximate surface area is 91.4 Å². The summed E-state index contributed by atoms with van der Waals surface area (Å²) in [5.41, 5.74) is -0.412. The molecule has 0 aromatic carbocycles. The lowest BCUT2D eigenvalue weighted by atomic mass is 9.86. The molecule has 2 atom stereocenters. The average Bonchev–Trinajstić information content (AvgIpc) is 1.93. The second-order valence-electron chi connectivity index (χ2n) is 4.80. The summed E-state index contributed by atoms with van der Waals surface area (Å²) in [6.07, 6.45) is -0.347. The van der Waals surface area contributed by atoms with Crippen molar-refractivity contribution in [3.63, 3.8) is 0 Å². The summed E-state index contributed by atoms with van der Waals surface area (Å²) >= 11 is 0. The summed E-state index contributed by atoms with van der Waals surface area (Å²) in [7, 11) is -4.44. The molecule has 0 aliphatic heterocycles. The van der Waals surface area contributed by atoms with Crippen LogP contribution in [0.1, 0.15) is 40.5 Å². The molecule has 5 nitrogen and oxygen atoms in total. The van der Waals surface area contributed by atoms with Crippen molar-refractivity contribution in [1.29, 1.82) is 0 Å². The third-order valence-electron chi connectivity index (χ3n) is 2.05. The van der Waals surface area contributed by atoms with Gasteiger partial charge in [-0.15, -0.1) is 0 Å². The van der Waals surface area contributed by atoms with E-state index < -0.39 is 28.0 Å². The minimum atomic E-state index is -4.44. The summed E-state index contributed by atoms with van der Waals surface area (Å²) in [4.78, 5) is 0. The van der Waals surface area contributed by atoms with Gasteiger partial charge in [0.15, 0.2) is 0 Å². The molecule has 0 saturated carbocycles. The van der Waals surface area contributed by atoms with Crippen LogP contribution in [0.15, 0.2) is 0 Å². The summed E-state index contributed by atoms with van der Waals surface area (Å²) < 4.78 is 34.4. The molecule has 0 saturated heterocycles. The first kappa shape index (κ1) is 14.8. The van der Waals surface area contributed by atoms with E-state index in [1.165, 1.54) is 0 Å². The zero-order valence-corrected chi connectivity index (χ0v) is 10.4. The molecule has 2 N–H and O–H groups in total. The van der Waals surface area contributed by atoms with Crippen LogP contribution in [-0.2, 0) is 14.6 Å². The van der Waals surface area contributed by atoms with Crippen LogP contribution < -0.4 is 0 Å². The number of hydrogen-bond acceptors (Lipinski definition) is 4. The van der Waals surface area contributed by atoms with Gasteiger partial charge in [0, 0.05) is 0 Å². The Bertz CT molecular complexity index is 275. The number of hydrogen-bond donors (Lipinski definition) is 2. The molecule has 2 unspecified atom stereocenters. The van der Waals surface area contributed by atoms with Crippen molar-refractivity contribution in [2.75, 3.05) is 0 Å². The van der Waals surface area contributed by atoms with Crippen molar-refractivity contribution >= 4 is 10.4 Å². The highest BCUT2D eigenvalue weighted by Gasteiger charge is 2.29. The smallest absolute Gasteiger partial charge is 0.393 e. The molecule has 0 rings (SSSR count). The SMILES string of the molecule is CC(O)CCC(OS(=O)(=O)O)C(C)(C)C. The van der Waals surface area contributed by atoms with Gasteiger partial charge in [0.1, 0.15) is 0 Å². The Hall–Kier alpha value is -0.170. The molecule has 92 valence electrons.